The summed E-state index contributed by atoms with van der Waals surface area (Å²) in [5.41, 5.74) is 0.948. The third-order valence-corrected chi connectivity index (χ3v) is 3.70. The lowest BCUT2D eigenvalue weighted by Crippen LogP contribution is -2.24. The van der Waals surface area contributed by atoms with Gasteiger partial charge in [0.15, 0.2) is 5.09 Å². The van der Waals surface area contributed by atoms with Gasteiger partial charge in [-0.2, -0.15) is 0 Å². The Hall–Kier alpha value is -1.92. The molecule has 0 aliphatic carbocycles. The lowest BCUT2D eigenvalue weighted by Gasteiger charge is -2.04. The molecule has 2 rings (SSSR count). The summed E-state index contributed by atoms with van der Waals surface area (Å²) in [6, 6.07) is 10.1. The highest BCUT2D eigenvalue weighted by Gasteiger charge is 2.10. The second-order valence-electron chi connectivity index (χ2n) is 4.12. The molecule has 0 fully saturated rings. The summed E-state index contributed by atoms with van der Waals surface area (Å²) in [4.78, 5) is 22.3. The number of carbonyl (C=O) groups is 2. The lowest BCUT2D eigenvalue weighted by molar-refractivity contribution is -0.118. The zero-order chi connectivity index (χ0) is 15.2. The summed E-state index contributed by atoms with van der Waals surface area (Å²) < 4.78 is 5.04. The smallest absolute Gasteiger partial charge is 0.371 e. The van der Waals surface area contributed by atoms with Crippen LogP contribution in [0, 0.1) is 0 Å². The number of amides is 1. The maximum atomic E-state index is 11.7. The number of hydrogen-bond acceptors (Lipinski definition) is 4. The molecule has 1 aromatic heterocycles. The largest absolute Gasteiger partial charge is 0.475 e. The highest BCUT2D eigenvalue weighted by atomic mass is 35.5. The molecule has 2 aromatic rings. The molecule has 21 heavy (non-hydrogen) atoms. The Labute approximate surface area is 130 Å². The predicted octanol–water partition coefficient (Wildman–Crippen LogP) is 3.04. The maximum Gasteiger partial charge on any atom is 0.371 e. The van der Waals surface area contributed by atoms with E-state index in [2.05, 4.69) is 5.32 Å². The van der Waals surface area contributed by atoms with Gasteiger partial charge in [-0.1, -0.05) is 35.5 Å². The van der Waals surface area contributed by atoms with E-state index in [0.717, 1.165) is 17.3 Å². The molecule has 1 amide bonds. The van der Waals surface area contributed by atoms with Crippen molar-refractivity contribution in [1.29, 1.82) is 0 Å². The van der Waals surface area contributed by atoms with Crippen LogP contribution in [0.3, 0.4) is 0 Å². The third kappa shape index (κ3) is 4.84. The number of benzene rings is 1. The molecular formula is C14H12ClNO4S. The fourth-order valence-corrected chi connectivity index (χ4v) is 2.32. The molecule has 0 bridgehead atoms. The van der Waals surface area contributed by atoms with E-state index < -0.39 is 5.97 Å². The number of carbonyl (C=O) groups excluding carboxylic acids is 1. The molecule has 0 aliphatic heterocycles. The fraction of sp³-hybridized carbons (Fsp3) is 0.143. The molecule has 0 spiro atoms. The van der Waals surface area contributed by atoms with Crippen molar-refractivity contribution in [3.05, 3.63) is 52.7 Å². The van der Waals surface area contributed by atoms with Crippen LogP contribution in [-0.2, 0) is 11.3 Å². The number of furan rings is 1. The first-order valence-electron chi connectivity index (χ1n) is 6.01. The number of nitrogens with one attached hydrogen (secondary N) is 1. The molecule has 1 aromatic carbocycles. The molecule has 5 nitrogen and oxygen atoms in total. The second kappa shape index (κ2) is 7.19. The Morgan fingerprint density at radius 1 is 1.19 bits per heavy atom. The maximum absolute atomic E-state index is 11.7. The van der Waals surface area contributed by atoms with Gasteiger partial charge in [0.1, 0.15) is 0 Å². The van der Waals surface area contributed by atoms with Crippen molar-refractivity contribution >= 4 is 35.2 Å². The van der Waals surface area contributed by atoms with E-state index in [9.17, 15) is 9.59 Å². The topological polar surface area (TPSA) is 79.5 Å². The van der Waals surface area contributed by atoms with Crippen LogP contribution in [0.25, 0.3) is 0 Å². The summed E-state index contributed by atoms with van der Waals surface area (Å²) >= 11 is 6.91. The van der Waals surface area contributed by atoms with Gasteiger partial charge >= 0.3 is 5.97 Å². The van der Waals surface area contributed by atoms with Gasteiger partial charge in [0.2, 0.25) is 11.7 Å². The number of thioether (sulfide) groups is 1. The Morgan fingerprint density at radius 2 is 1.90 bits per heavy atom. The van der Waals surface area contributed by atoms with Crippen molar-refractivity contribution in [3.63, 3.8) is 0 Å². The number of halogens is 1. The summed E-state index contributed by atoms with van der Waals surface area (Å²) in [6.07, 6.45) is 0. The van der Waals surface area contributed by atoms with Crippen LogP contribution in [0.4, 0.5) is 0 Å². The van der Waals surface area contributed by atoms with Crippen molar-refractivity contribution < 1.29 is 19.1 Å². The van der Waals surface area contributed by atoms with Crippen LogP contribution >= 0.6 is 23.4 Å². The number of carboxylic acid groups (broad SMARTS) is 1. The van der Waals surface area contributed by atoms with Crippen LogP contribution in [0.15, 0.2) is 45.9 Å². The summed E-state index contributed by atoms with van der Waals surface area (Å²) in [5.74, 6) is -1.28. The quantitative estimate of drug-likeness (QED) is 0.798. The van der Waals surface area contributed by atoms with Crippen LogP contribution in [-0.4, -0.2) is 22.7 Å². The molecule has 110 valence electrons. The van der Waals surface area contributed by atoms with Crippen molar-refractivity contribution in [2.75, 3.05) is 5.75 Å². The van der Waals surface area contributed by atoms with Crippen LogP contribution in [0.1, 0.15) is 16.1 Å². The number of hydrogen-bond donors (Lipinski definition) is 2. The van der Waals surface area contributed by atoms with Crippen molar-refractivity contribution in [3.8, 4) is 0 Å². The van der Waals surface area contributed by atoms with Gasteiger partial charge in [0.05, 0.1) is 5.75 Å². The van der Waals surface area contributed by atoms with Gasteiger partial charge in [-0.05, 0) is 29.8 Å². The van der Waals surface area contributed by atoms with Crippen molar-refractivity contribution in [2.24, 2.45) is 0 Å². The molecular weight excluding hydrogens is 314 g/mol. The molecule has 2 N–H and O–H groups in total. The monoisotopic (exact) mass is 325 g/mol. The molecule has 0 radical (unpaired) electrons. The highest BCUT2D eigenvalue weighted by Crippen LogP contribution is 2.20. The SMILES string of the molecule is O=C(CSc1ccc(C(=O)O)o1)NCc1ccc(Cl)cc1. The predicted molar refractivity (Wildman–Crippen MR) is 79.7 cm³/mol. The van der Waals surface area contributed by atoms with E-state index in [1.165, 1.54) is 12.1 Å². The lowest BCUT2D eigenvalue weighted by atomic mass is 10.2. The van der Waals surface area contributed by atoms with E-state index in [-0.39, 0.29) is 17.4 Å². The van der Waals surface area contributed by atoms with Crippen molar-refractivity contribution in [1.82, 2.24) is 5.32 Å². The molecule has 7 heteroatoms. The minimum atomic E-state index is -1.13. The van der Waals surface area contributed by atoms with E-state index in [1.54, 1.807) is 12.1 Å². The third-order valence-electron chi connectivity index (χ3n) is 2.54. The number of aromatic carboxylic acids is 1. The minimum absolute atomic E-state index is 0.140. The average Bonchev–Trinajstić information content (AvgIpc) is 2.93. The first-order chi connectivity index (χ1) is 10.0. The van der Waals surface area contributed by atoms with Gasteiger partial charge in [-0.3, -0.25) is 4.79 Å². The van der Waals surface area contributed by atoms with Crippen LogP contribution in [0.5, 0.6) is 0 Å². The average molecular weight is 326 g/mol. The zero-order valence-corrected chi connectivity index (χ0v) is 12.4. The highest BCUT2D eigenvalue weighted by molar-refractivity contribution is 7.99. The van der Waals surface area contributed by atoms with Gasteiger partial charge < -0.3 is 14.8 Å². The van der Waals surface area contributed by atoms with E-state index >= 15 is 0 Å². The molecule has 0 saturated heterocycles. The van der Waals surface area contributed by atoms with Crippen LogP contribution in [0.2, 0.25) is 5.02 Å². The first kappa shape index (κ1) is 15.5. The Morgan fingerprint density at radius 3 is 2.52 bits per heavy atom. The first-order valence-corrected chi connectivity index (χ1v) is 7.38. The standard InChI is InChI=1S/C14H12ClNO4S/c15-10-3-1-9(2-4-10)7-16-12(17)8-21-13-6-5-11(20-13)14(18)19/h1-6H,7-8H2,(H,16,17)(H,18,19). The molecule has 1 heterocycles. The Balaban J connectivity index is 1.76. The van der Waals surface area contributed by atoms with Gasteiger partial charge in [0.25, 0.3) is 0 Å². The number of rotatable bonds is 6. The van der Waals surface area contributed by atoms with Crippen molar-refractivity contribution in [2.45, 2.75) is 11.6 Å². The molecule has 0 atom stereocenters. The fourth-order valence-electron chi connectivity index (χ4n) is 1.50. The summed E-state index contributed by atoms with van der Waals surface area (Å²) in [5, 5.41) is 12.5. The van der Waals surface area contributed by atoms with E-state index in [0.29, 0.717) is 16.7 Å². The van der Waals surface area contributed by atoms with E-state index in [1.807, 2.05) is 12.1 Å². The van der Waals surface area contributed by atoms with Gasteiger partial charge in [0, 0.05) is 11.6 Å². The second-order valence-corrected chi connectivity index (χ2v) is 5.53. The number of carboxylic acids is 1. The normalized spacial score (nSPS) is 10.3. The summed E-state index contributed by atoms with van der Waals surface area (Å²) in [7, 11) is 0. The Kier molecular flexibility index (Phi) is 5.30. The summed E-state index contributed by atoms with van der Waals surface area (Å²) in [6.45, 7) is 0.412. The van der Waals surface area contributed by atoms with Gasteiger partial charge in [-0.25, -0.2) is 4.79 Å². The van der Waals surface area contributed by atoms with Crippen LogP contribution < -0.4 is 5.32 Å². The minimum Gasteiger partial charge on any atom is -0.475 e. The van der Waals surface area contributed by atoms with Gasteiger partial charge in [-0.15, -0.1) is 0 Å². The molecule has 0 saturated carbocycles. The zero-order valence-electron chi connectivity index (χ0n) is 10.8. The van der Waals surface area contributed by atoms with E-state index in [4.69, 9.17) is 21.1 Å². The Bertz CT molecular complexity index is 639. The molecule has 0 unspecified atom stereocenters. The molecule has 0 aliphatic rings.